The van der Waals surface area contributed by atoms with Gasteiger partial charge in [-0.15, -0.1) is 0 Å². The van der Waals surface area contributed by atoms with Gasteiger partial charge in [0.05, 0.1) is 12.8 Å². The summed E-state index contributed by atoms with van der Waals surface area (Å²) in [5.74, 6) is -7.19. The van der Waals surface area contributed by atoms with Gasteiger partial charge in [-0.05, 0) is 62.8 Å². The molecule has 0 aliphatic carbocycles. The Morgan fingerprint density at radius 2 is 1.19 bits per heavy atom. The second kappa shape index (κ2) is 27.3. The topological polar surface area (TPSA) is 172 Å². The fraction of sp³-hybridized carbons (Fsp3) is 0.348. The minimum Gasteiger partial charge on any atom is -0.481 e. The number of nitrogens with one attached hydrogen (secondary N) is 1. The number of benzene rings is 2. The van der Waals surface area contributed by atoms with Gasteiger partial charge < -0.3 is 29.4 Å². The van der Waals surface area contributed by atoms with Crippen LogP contribution in [0.3, 0.4) is 0 Å². The molecule has 310 valence electrons. The molecule has 0 fully saturated rings. The van der Waals surface area contributed by atoms with E-state index in [1.807, 2.05) is 18.2 Å². The van der Waals surface area contributed by atoms with Gasteiger partial charge in [-0.3, -0.25) is 19.2 Å². The van der Waals surface area contributed by atoms with E-state index in [-0.39, 0.29) is 36.4 Å². The first-order valence-electron chi connectivity index (χ1n) is 20.4. The highest BCUT2D eigenvalue weighted by Gasteiger charge is 2.40. The molecule has 0 saturated heterocycles. The van der Waals surface area contributed by atoms with Crippen molar-refractivity contribution in [3.63, 3.8) is 0 Å². The highest BCUT2D eigenvalue weighted by Crippen LogP contribution is 2.29. The number of carbonyl (C=O) groups excluding carboxylic acids is 5. The lowest BCUT2D eigenvalue weighted by Crippen LogP contribution is -2.49. The van der Waals surface area contributed by atoms with Gasteiger partial charge in [0, 0.05) is 22.9 Å². The SMILES string of the molecule is [2H]C([2H])([2H])C(=O)Oc1ccccc1C(=O)Oc1ccccc1C(=O)OC(C(=O)NCCC(=O)O)C(C)(C)COC(=O)CC=CCC=CCC=CCC=CCC=CCC=CCC. The van der Waals surface area contributed by atoms with Crippen molar-refractivity contribution in [2.75, 3.05) is 13.2 Å². The predicted molar refractivity (Wildman–Crippen MR) is 221 cm³/mol. The van der Waals surface area contributed by atoms with Crippen LogP contribution in [0.2, 0.25) is 0 Å². The summed E-state index contributed by atoms with van der Waals surface area (Å²) in [7, 11) is 0. The Hall–Kier alpha value is -6.30. The minimum atomic E-state index is -3.11. The van der Waals surface area contributed by atoms with Crippen LogP contribution in [0.15, 0.2) is 121 Å². The average molecular weight is 801 g/mol. The van der Waals surface area contributed by atoms with Gasteiger partial charge in [-0.25, -0.2) is 9.59 Å². The molecule has 12 heteroatoms. The molecule has 0 aliphatic heterocycles. The molecule has 1 atom stereocenters. The summed E-state index contributed by atoms with van der Waals surface area (Å²) in [4.78, 5) is 76.0. The van der Waals surface area contributed by atoms with Crippen LogP contribution in [0.4, 0.5) is 0 Å². The largest absolute Gasteiger partial charge is 0.481 e. The summed E-state index contributed by atoms with van der Waals surface area (Å²) in [6.45, 7) is 1.36. The van der Waals surface area contributed by atoms with Crippen molar-refractivity contribution in [2.24, 2.45) is 5.41 Å². The van der Waals surface area contributed by atoms with Crippen LogP contribution >= 0.6 is 0 Å². The summed E-state index contributed by atoms with van der Waals surface area (Å²) in [6.07, 6.45) is 27.6. The third-order valence-electron chi connectivity index (χ3n) is 7.92. The quantitative estimate of drug-likeness (QED) is 0.0560. The van der Waals surface area contributed by atoms with Crippen LogP contribution in [0.25, 0.3) is 0 Å². The molecule has 12 nitrogen and oxygen atoms in total. The third-order valence-corrected chi connectivity index (χ3v) is 7.92. The number of amides is 1. The second-order valence-electron chi connectivity index (χ2n) is 13.3. The molecule has 2 rings (SSSR count). The van der Waals surface area contributed by atoms with Crippen LogP contribution in [-0.4, -0.2) is 60.1 Å². The van der Waals surface area contributed by atoms with E-state index in [1.165, 1.54) is 62.4 Å². The van der Waals surface area contributed by atoms with Crippen LogP contribution in [0.5, 0.6) is 11.5 Å². The minimum absolute atomic E-state index is 0.0622. The Bertz CT molecular complexity index is 1960. The molecular weight excluding hydrogens is 743 g/mol. The lowest BCUT2D eigenvalue weighted by atomic mass is 9.86. The second-order valence-corrected chi connectivity index (χ2v) is 13.3. The lowest BCUT2D eigenvalue weighted by Gasteiger charge is -2.32. The first kappa shape index (κ1) is 42.8. The van der Waals surface area contributed by atoms with Gasteiger partial charge in [0.2, 0.25) is 0 Å². The molecule has 2 N–H and O–H groups in total. The Labute approximate surface area is 345 Å². The van der Waals surface area contributed by atoms with Crippen LogP contribution in [-0.2, 0) is 28.7 Å². The van der Waals surface area contributed by atoms with Gasteiger partial charge in [0.1, 0.15) is 29.2 Å². The molecule has 0 spiro atoms. The number of rotatable bonds is 25. The van der Waals surface area contributed by atoms with Crippen LogP contribution in [0, 0.1) is 5.41 Å². The maximum absolute atomic E-state index is 13.6. The lowest BCUT2D eigenvalue weighted by molar-refractivity contribution is -0.153. The number of ether oxygens (including phenoxy) is 4. The van der Waals surface area contributed by atoms with Gasteiger partial charge in [-0.2, -0.15) is 0 Å². The average Bonchev–Trinajstić information content (AvgIpc) is 3.21. The van der Waals surface area contributed by atoms with Crippen LogP contribution in [0.1, 0.15) is 104 Å². The molecular formula is C46H55NO11. The van der Waals surface area contributed by atoms with Crippen molar-refractivity contribution in [1.82, 2.24) is 5.32 Å². The Morgan fingerprint density at radius 1 is 0.707 bits per heavy atom. The zero-order valence-corrected chi connectivity index (χ0v) is 33.2. The number of para-hydroxylation sites is 2. The summed E-state index contributed by atoms with van der Waals surface area (Å²) in [5, 5.41) is 11.5. The summed E-state index contributed by atoms with van der Waals surface area (Å²) in [5.41, 5.74) is -1.98. The number of carbonyl (C=O) groups is 6. The monoisotopic (exact) mass is 800 g/mol. The van der Waals surface area contributed by atoms with E-state index in [1.54, 1.807) is 6.08 Å². The van der Waals surface area contributed by atoms with Gasteiger partial charge in [0.25, 0.3) is 5.91 Å². The number of hydrogen-bond donors (Lipinski definition) is 2. The van der Waals surface area contributed by atoms with E-state index in [2.05, 4.69) is 60.8 Å². The maximum Gasteiger partial charge on any atom is 0.347 e. The Kier molecular flexibility index (Phi) is 20.2. The van der Waals surface area contributed by atoms with Crippen LogP contribution < -0.4 is 14.8 Å². The van der Waals surface area contributed by atoms with Gasteiger partial charge in [0.15, 0.2) is 6.10 Å². The smallest absolute Gasteiger partial charge is 0.347 e. The fourth-order valence-corrected chi connectivity index (χ4v) is 4.93. The number of esters is 4. The van der Waals surface area contributed by atoms with Crippen molar-refractivity contribution < 1.29 is 56.9 Å². The zero-order chi connectivity index (χ0) is 45.1. The fourth-order valence-electron chi connectivity index (χ4n) is 4.93. The number of carboxylic acids is 1. The van der Waals surface area contributed by atoms with Crippen molar-refractivity contribution >= 4 is 35.8 Å². The van der Waals surface area contributed by atoms with Crippen molar-refractivity contribution in [3.05, 3.63) is 133 Å². The van der Waals surface area contributed by atoms with Crippen molar-refractivity contribution in [1.29, 1.82) is 0 Å². The highest BCUT2D eigenvalue weighted by molar-refractivity contribution is 5.99. The molecule has 0 radical (unpaired) electrons. The third kappa shape index (κ3) is 19.5. The van der Waals surface area contributed by atoms with Crippen molar-refractivity contribution in [3.8, 4) is 11.5 Å². The number of aliphatic carboxylic acids is 1. The molecule has 58 heavy (non-hydrogen) atoms. The van der Waals surface area contributed by atoms with E-state index >= 15 is 0 Å². The molecule has 2 aromatic rings. The summed E-state index contributed by atoms with van der Waals surface area (Å²) < 4.78 is 43.2. The van der Waals surface area contributed by atoms with E-state index in [0.29, 0.717) is 6.42 Å². The molecule has 0 saturated carbocycles. The molecule has 0 aromatic heterocycles. The van der Waals surface area contributed by atoms with Crippen molar-refractivity contribution in [2.45, 2.75) is 85.1 Å². The number of carboxylic acid groups (broad SMARTS) is 1. The van der Waals surface area contributed by atoms with E-state index < -0.39 is 66.3 Å². The Morgan fingerprint density at radius 3 is 1.71 bits per heavy atom. The molecule has 1 amide bonds. The predicted octanol–water partition coefficient (Wildman–Crippen LogP) is 8.60. The first-order valence-corrected chi connectivity index (χ1v) is 18.9. The molecule has 0 heterocycles. The first-order chi connectivity index (χ1) is 29.1. The molecule has 0 bridgehead atoms. The van der Waals surface area contributed by atoms with Gasteiger partial charge in [-0.1, -0.05) is 118 Å². The highest BCUT2D eigenvalue weighted by atomic mass is 16.6. The van der Waals surface area contributed by atoms with Gasteiger partial charge >= 0.3 is 29.8 Å². The van der Waals surface area contributed by atoms with E-state index in [9.17, 15) is 28.8 Å². The summed E-state index contributed by atoms with van der Waals surface area (Å²) >= 11 is 0. The number of hydrogen-bond acceptors (Lipinski definition) is 10. The normalized spacial score (nSPS) is 13.5. The Balaban J connectivity index is 2.02. The maximum atomic E-state index is 13.6. The standard InChI is InChI=1S/C46H55NO11/c1-5-6-7-8-9-10-11-12-13-14-15-16-17-18-19-20-21-22-31-41(51)55-34-46(3,4)42(43(52)47-33-32-40(49)50)58-45(54)37-28-24-26-30-39(37)57-44(53)36-27-23-25-29-38(36)56-35(2)48/h6-7,9-10,12-13,15-16,18-19,21-30,42H,5,8,11,14,17,20,31-34H2,1-4H3,(H,47,52)(H,49,50)/i2D3. The van der Waals surface area contributed by atoms with E-state index in [0.717, 1.165) is 32.1 Å². The molecule has 0 aliphatic rings. The number of allylic oxidation sites excluding steroid dienone is 11. The molecule has 1 unspecified atom stereocenters. The molecule has 2 aromatic carbocycles. The van der Waals surface area contributed by atoms with E-state index in [4.69, 9.17) is 28.2 Å². The summed E-state index contributed by atoms with van der Waals surface area (Å²) in [6, 6.07) is 10.6. The zero-order valence-electron chi connectivity index (χ0n) is 36.2.